The molecular weight excluding hydrogens is 309 g/mol. The number of alkyl halides is 3. The largest absolute Gasteiger partial charge is 0.417 e. The summed E-state index contributed by atoms with van der Waals surface area (Å²) in [5, 5.41) is 0. The number of carbonyl (C=O) groups is 1. The van der Waals surface area contributed by atoms with Crippen molar-refractivity contribution in [2.24, 2.45) is 0 Å². The molecule has 7 heteroatoms. The average Bonchev–Trinajstić information content (AvgIpc) is 2.51. The van der Waals surface area contributed by atoms with Gasteiger partial charge in [0.2, 0.25) is 0 Å². The van der Waals surface area contributed by atoms with Crippen LogP contribution < -0.4 is 0 Å². The molecule has 4 nitrogen and oxygen atoms in total. The van der Waals surface area contributed by atoms with Crippen molar-refractivity contribution in [2.75, 3.05) is 40.3 Å². The van der Waals surface area contributed by atoms with Crippen LogP contribution in [0, 0.1) is 0 Å². The van der Waals surface area contributed by atoms with Crippen LogP contribution in [0.1, 0.15) is 22.3 Å². The summed E-state index contributed by atoms with van der Waals surface area (Å²) in [5.41, 5.74) is -1.19. The second-order valence-corrected chi connectivity index (χ2v) is 5.88. The number of morpholine rings is 1. The minimum absolute atomic E-state index is 0.145. The molecule has 0 N–H and O–H groups in total. The van der Waals surface area contributed by atoms with E-state index >= 15 is 0 Å². The van der Waals surface area contributed by atoms with Gasteiger partial charge in [-0.05, 0) is 32.6 Å². The van der Waals surface area contributed by atoms with Crippen molar-refractivity contribution in [2.45, 2.75) is 18.7 Å². The first-order valence-corrected chi connectivity index (χ1v) is 7.51. The van der Waals surface area contributed by atoms with Crippen molar-refractivity contribution >= 4 is 5.91 Å². The van der Waals surface area contributed by atoms with E-state index in [1.807, 2.05) is 19.0 Å². The van der Waals surface area contributed by atoms with Gasteiger partial charge in [0.25, 0.3) is 5.91 Å². The van der Waals surface area contributed by atoms with Crippen molar-refractivity contribution in [3.05, 3.63) is 35.4 Å². The van der Waals surface area contributed by atoms with Gasteiger partial charge in [-0.2, -0.15) is 13.2 Å². The number of benzene rings is 1. The van der Waals surface area contributed by atoms with E-state index in [2.05, 4.69) is 0 Å². The Bertz CT molecular complexity index is 546. The van der Waals surface area contributed by atoms with E-state index in [-0.39, 0.29) is 11.7 Å². The van der Waals surface area contributed by atoms with Crippen molar-refractivity contribution < 1.29 is 22.7 Å². The monoisotopic (exact) mass is 330 g/mol. The summed E-state index contributed by atoms with van der Waals surface area (Å²) in [4.78, 5) is 16.0. The topological polar surface area (TPSA) is 32.8 Å². The predicted molar refractivity (Wildman–Crippen MR) is 80.3 cm³/mol. The van der Waals surface area contributed by atoms with Crippen LogP contribution in [0.5, 0.6) is 0 Å². The quantitative estimate of drug-likeness (QED) is 0.850. The third-order valence-corrected chi connectivity index (χ3v) is 3.79. The number of hydrogen-bond donors (Lipinski definition) is 0. The summed E-state index contributed by atoms with van der Waals surface area (Å²) in [6, 6.07) is 4.91. The van der Waals surface area contributed by atoms with Crippen LogP contribution in [0.4, 0.5) is 13.2 Å². The molecule has 1 aromatic carbocycles. The molecule has 1 atom stereocenters. The first-order valence-electron chi connectivity index (χ1n) is 7.51. The van der Waals surface area contributed by atoms with Gasteiger partial charge in [-0.15, -0.1) is 0 Å². The van der Waals surface area contributed by atoms with Crippen molar-refractivity contribution in [3.63, 3.8) is 0 Å². The number of carbonyl (C=O) groups excluding carboxylic acids is 1. The Morgan fingerprint density at radius 3 is 2.70 bits per heavy atom. The maximum Gasteiger partial charge on any atom is 0.417 e. The zero-order valence-electron chi connectivity index (χ0n) is 13.3. The fraction of sp³-hybridized carbons (Fsp3) is 0.562. The Kier molecular flexibility index (Phi) is 5.64. The Labute approximate surface area is 133 Å². The highest BCUT2D eigenvalue weighted by atomic mass is 19.4. The van der Waals surface area contributed by atoms with E-state index in [0.717, 1.165) is 19.0 Å². The second-order valence-electron chi connectivity index (χ2n) is 5.88. The highest BCUT2D eigenvalue weighted by Gasteiger charge is 2.36. The SMILES string of the molecule is CN(C)CC[C@H]1CN(C(=O)c2ccccc2C(F)(F)F)CCO1. The Balaban J connectivity index is 2.11. The van der Waals surface area contributed by atoms with Crippen LogP contribution in [-0.2, 0) is 10.9 Å². The summed E-state index contributed by atoms with van der Waals surface area (Å²) >= 11 is 0. The lowest BCUT2D eigenvalue weighted by atomic mass is 10.0. The summed E-state index contributed by atoms with van der Waals surface area (Å²) in [6.45, 7) is 1.77. The maximum absolute atomic E-state index is 13.1. The van der Waals surface area contributed by atoms with E-state index in [4.69, 9.17) is 4.74 Å². The minimum Gasteiger partial charge on any atom is -0.374 e. The maximum atomic E-state index is 13.1. The van der Waals surface area contributed by atoms with Crippen molar-refractivity contribution in [3.8, 4) is 0 Å². The molecule has 23 heavy (non-hydrogen) atoms. The predicted octanol–water partition coefficient (Wildman–Crippen LogP) is 2.50. The van der Waals surface area contributed by atoms with E-state index in [0.29, 0.717) is 19.7 Å². The summed E-state index contributed by atoms with van der Waals surface area (Å²) in [6.07, 6.45) is -3.95. The number of amides is 1. The minimum atomic E-state index is -4.54. The molecule has 0 saturated carbocycles. The molecule has 0 radical (unpaired) electrons. The molecule has 1 fully saturated rings. The second kappa shape index (κ2) is 7.31. The molecule has 128 valence electrons. The van der Waals surface area contributed by atoms with Crippen molar-refractivity contribution in [1.82, 2.24) is 9.80 Å². The Hall–Kier alpha value is -1.60. The summed E-state index contributed by atoms with van der Waals surface area (Å²) in [7, 11) is 3.87. The molecule has 0 aliphatic carbocycles. The standard InChI is InChI=1S/C16H21F3N2O2/c1-20(2)8-7-12-11-21(9-10-23-12)15(22)13-5-3-4-6-14(13)16(17,18)19/h3-6,12H,7-11H2,1-2H3/t12-/m0/s1. The van der Waals surface area contributed by atoms with Crippen LogP contribution in [0.25, 0.3) is 0 Å². The zero-order chi connectivity index (χ0) is 17.0. The summed E-state index contributed by atoms with van der Waals surface area (Å²) < 4.78 is 44.8. The molecule has 0 unspecified atom stereocenters. The molecule has 0 bridgehead atoms. The lowest BCUT2D eigenvalue weighted by molar-refractivity contribution is -0.138. The van der Waals surface area contributed by atoms with Gasteiger partial charge >= 0.3 is 6.18 Å². The van der Waals surface area contributed by atoms with E-state index in [9.17, 15) is 18.0 Å². The van der Waals surface area contributed by atoms with Crippen LogP contribution >= 0.6 is 0 Å². The fourth-order valence-corrected chi connectivity index (χ4v) is 2.57. The summed E-state index contributed by atoms with van der Waals surface area (Å²) in [5.74, 6) is -0.587. The van der Waals surface area contributed by atoms with Gasteiger partial charge in [-0.1, -0.05) is 12.1 Å². The number of hydrogen-bond acceptors (Lipinski definition) is 3. The van der Waals surface area contributed by atoms with E-state index in [1.165, 1.54) is 23.1 Å². The van der Waals surface area contributed by atoms with Gasteiger partial charge in [0, 0.05) is 19.6 Å². The third-order valence-electron chi connectivity index (χ3n) is 3.79. The van der Waals surface area contributed by atoms with Gasteiger partial charge in [0.1, 0.15) is 0 Å². The van der Waals surface area contributed by atoms with Gasteiger partial charge in [-0.25, -0.2) is 0 Å². The van der Waals surface area contributed by atoms with Crippen LogP contribution in [0.2, 0.25) is 0 Å². The van der Waals surface area contributed by atoms with Gasteiger partial charge in [0.05, 0.1) is 23.8 Å². The first-order chi connectivity index (χ1) is 10.8. The molecule has 0 aromatic heterocycles. The fourth-order valence-electron chi connectivity index (χ4n) is 2.57. The highest BCUT2D eigenvalue weighted by molar-refractivity contribution is 5.96. The molecule has 1 aliphatic heterocycles. The van der Waals surface area contributed by atoms with Gasteiger partial charge in [-0.3, -0.25) is 4.79 Å². The van der Waals surface area contributed by atoms with Gasteiger partial charge < -0.3 is 14.5 Å². The van der Waals surface area contributed by atoms with E-state index in [1.54, 1.807) is 0 Å². The number of halogens is 3. The van der Waals surface area contributed by atoms with Gasteiger partial charge in [0.15, 0.2) is 0 Å². The molecule has 1 aromatic rings. The number of rotatable bonds is 4. The first kappa shape index (κ1) is 17.7. The van der Waals surface area contributed by atoms with Crippen molar-refractivity contribution in [1.29, 1.82) is 0 Å². The number of ether oxygens (including phenoxy) is 1. The Morgan fingerprint density at radius 1 is 1.35 bits per heavy atom. The molecule has 2 rings (SSSR count). The van der Waals surface area contributed by atoms with Crippen LogP contribution in [-0.4, -0.2) is 62.1 Å². The Morgan fingerprint density at radius 2 is 2.04 bits per heavy atom. The highest BCUT2D eigenvalue weighted by Crippen LogP contribution is 2.32. The average molecular weight is 330 g/mol. The molecule has 0 spiro atoms. The van der Waals surface area contributed by atoms with Crippen LogP contribution in [0.15, 0.2) is 24.3 Å². The molecule has 1 aliphatic rings. The molecular formula is C16H21F3N2O2. The molecule has 1 amide bonds. The lowest BCUT2D eigenvalue weighted by Gasteiger charge is -2.34. The zero-order valence-corrected chi connectivity index (χ0v) is 13.3. The normalized spacial score (nSPS) is 19.2. The number of nitrogens with zero attached hydrogens (tertiary/aromatic N) is 2. The molecule has 1 saturated heterocycles. The van der Waals surface area contributed by atoms with E-state index < -0.39 is 17.6 Å². The van der Waals surface area contributed by atoms with Crippen LogP contribution in [0.3, 0.4) is 0 Å². The third kappa shape index (κ3) is 4.68. The lowest BCUT2D eigenvalue weighted by Crippen LogP contribution is -2.46. The smallest absolute Gasteiger partial charge is 0.374 e. The molecule has 1 heterocycles.